The summed E-state index contributed by atoms with van der Waals surface area (Å²) in [6.07, 6.45) is 18.0. The maximum Gasteiger partial charge on any atom is 0.0315 e. The zero-order chi connectivity index (χ0) is 17.7. The van der Waals surface area contributed by atoms with Gasteiger partial charge < -0.3 is 0 Å². The maximum atomic E-state index is 5.59. The van der Waals surface area contributed by atoms with Gasteiger partial charge in [-0.2, -0.15) is 0 Å². The van der Waals surface area contributed by atoms with Crippen molar-refractivity contribution in [3.05, 3.63) is 71.3 Å². The van der Waals surface area contributed by atoms with Crippen molar-refractivity contribution in [1.29, 1.82) is 0 Å². The SMILES string of the molecule is C#Cc1ccc(/C(C)=C/C=C/CC)cc1/C=C(/C)CC.C=CC. The van der Waals surface area contributed by atoms with E-state index >= 15 is 0 Å². The molecule has 0 aliphatic heterocycles. The molecule has 1 aromatic carbocycles. The number of rotatable bonds is 5. The van der Waals surface area contributed by atoms with Crippen LogP contribution in [0.1, 0.15) is 64.2 Å². The molecule has 0 atom stereocenters. The van der Waals surface area contributed by atoms with Crippen molar-refractivity contribution in [2.24, 2.45) is 0 Å². The molecule has 0 nitrogen and oxygen atoms in total. The normalized spacial score (nSPS) is 11.7. The molecule has 23 heavy (non-hydrogen) atoms. The van der Waals surface area contributed by atoms with Gasteiger partial charge >= 0.3 is 0 Å². The Morgan fingerprint density at radius 1 is 1.26 bits per heavy atom. The first-order chi connectivity index (χ1) is 11.0. The van der Waals surface area contributed by atoms with Crippen LogP contribution >= 0.6 is 0 Å². The lowest BCUT2D eigenvalue weighted by Crippen LogP contribution is -1.88. The number of hydrogen-bond acceptors (Lipinski definition) is 0. The van der Waals surface area contributed by atoms with E-state index in [9.17, 15) is 0 Å². The molecular formula is C23H30. The van der Waals surface area contributed by atoms with Crippen molar-refractivity contribution in [3.63, 3.8) is 0 Å². The first kappa shape index (κ1) is 20.7. The fourth-order valence-electron chi connectivity index (χ4n) is 1.87. The third-order valence-electron chi connectivity index (χ3n) is 3.34. The van der Waals surface area contributed by atoms with Gasteiger partial charge in [-0.25, -0.2) is 0 Å². The summed E-state index contributed by atoms with van der Waals surface area (Å²) >= 11 is 0. The van der Waals surface area contributed by atoms with Gasteiger partial charge in [-0.3, -0.25) is 0 Å². The van der Waals surface area contributed by atoms with Crippen LogP contribution in [0.5, 0.6) is 0 Å². The Kier molecular flexibility index (Phi) is 11.1. The van der Waals surface area contributed by atoms with Crippen molar-refractivity contribution in [1.82, 2.24) is 0 Å². The largest absolute Gasteiger partial charge is 0.115 e. The van der Waals surface area contributed by atoms with Crippen LogP contribution in [0.25, 0.3) is 11.6 Å². The molecule has 0 spiro atoms. The Labute approximate surface area is 143 Å². The van der Waals surface area contributed by atoms with Crippen molar-refractivity contribution in [2.75, 3.05) is 0 Å². The minimum Gasteiger partial charge on any atom is -0.115 e. The molecule has 0 heteroatoms. The van der Waals surface area contributed by atoms with Crippen LogP contribution in [-0.4, -0.2) is 0 Å². The van der Waals surface area contributed by atoms with Crippen LogP contribution in [0.4, 0.5) is 0 Å². The summed E-state index contributed by atoms with van der Waals surface area (Å²) in [7, 11) is 0. The highest BCUT2D eigenvalue weighted by atomic mass is 14.1. The number of terminal acetylenes is 1. The lowest BCUT2D eigenvalue weighted by molar-refractivity contribution is 1.11. The molecule has 0 fully saturated rings. The summed E-state index contributed by atoms with van der Waals surface area (Å²) in [5.41, 5.74) is 5.91. The first-order valence-electron chi connectivity index (χ1n) is 8.22. The molecule has 0 bridgehead atoms. The van der Waals surface area contributed by atoms with Crippen LogP contribution in [0, 0.1) is 12.3 Å². The molecule has 0 N–H and O–H groups in total. The van der Waals surface area contributed by atoms with Crippen LogP contribution in [0.15, 0.2) is 54.7 Å². The second kappa shape index (κ2) is 12.3. The molecule has 0 heterocycles. The molecule has 0 saturated carbocycles. The van der Waals surface area contributed by atoms with Gasteiger partial charge in [-0.15, -0.1) is 13.0 Å². The molecule has 0 unspecified atom stereocenters. The Balaban J connectivity index is 0.00000149. The third kappa shape index (κ3) is 8.07. The van der Waals surface area contributed by atoms with E-state index in [-0.39, 0.29) is 0 Å². The lowest BCUT2D eigenvalue weighted by atomic mass is 9.98. The maximum absolute atomic E-state index is 5.59. The Bertz CT molecular complexity index is 616. The van der Waals surface area contributed by atoms with Gasteiger partial charge in [0, 0.05) is 5.56 Å². The molecule has 0 saturated heterocycles. The summed E-state index contributed by atoms with van der Waals surface area (Å²) in [4.78, 5) is 0. The van der Waals surface area contributed by atoms with Gasteiger partial charge in [0.05, 0.1) is 0 Å². The van der Waals surface area contributed by atoms with E-state index in [1.165, 1.54) is 16.7 Å². The molecule has 1 aromatic rings. The van der Waals surface area contributed by atoms with E-state index in [0.717, 1.165) is 24.0 Å². The van der Waals surface area contributed by atoms with Gasteiger partial charge in [-0.05, 0) is 62.4 Å². The lowest BCUT2D eigenvalue weighted by Gasteiger charge is -2.06. The van der Waals surface area contributed by atoms with E-state index in [2.05, 4.69) is 76.6 Å². The summed E-state index contributed by atoms with van der Waals surface area (Å²) in [6, 6.07) is 6.31. The summed E-state index contributed by atoms with van der Waals surface area (Å²) < 4.78 is 0. The molecule has 0 aliphatic rings. The van der Waals surface area contributed by atoms with E-state index < -0.39 is 0 Å². The number of benzene rings is 1. The Morgan fingerprint density at radius 3 is 2.43 bits per heavy atom. The smallest absolute Gasteiger partial charge is 0.0315 e. The van der Waals surface area contributed by atoms with Crippen LogP contribution in [0.3, 0.4) is 0 Å². The van der Waals surface area contributed by atoms with Gasteiger partial charge in [0.2, 0.25) is 0 Å². The molecule has 0 aliphatic carbocycles. The van der Waals surface area contributed by atoms with Crippen molar-refractivity contribution in [3.8, 4) is 12.3 Å². The molecule has 0 amide bonds. The standard InChI is InChI=1S/C20H24.C3H6/c1-6-9-10-11-17(5)19-13-12-18(8-3)20(15-19)14-16(4)7-2;1-3-2/h3,9-15H,6-7H2,1-2,4-5H3;3H,1H2,2H3/b10-9+,16-14-,17-11+;. The van der Waals surface area contributed by atoms with E-state index in [1.807, 2.05) is 13.0 Å². The zero-order valence-corrected chi connectivity index (χ0v) is 15.3. The number of hydrogen-bond donors (Lipinski definition) is 0. The van der Waals surface area contributed by atoms with E-state index in [4.69, 9.17) is 6.42 Å². The average Bonchev–Trinajstić information content (AvgIpc) is 2.55. The monoisotopic (exact) mass is 306 g/mol. The minimum absolute atomic E-state index is 0.957. The number of allylic oxidation sites excluding steroid dienone is 6. The Hall–Kier alpha value is -2.26. The van der Waals surface area contributed by atoms with Crippen LogP contribution < -0.4 is 0 Å². The summed E-state index contributed by atoms with van der Waals surface area (Å²) in [5, 5.41) is 0. The van der Waals surface area contributed by atoms with Crippen LogP contribution in [0.2, 0.25) is 0 Å². The quantitative estimate of drug-likeness (QED) is 0.311. The predicted octanol–water partition coefficient (Wildman–Crippen LogP) is 7.04. The van der Waals surface area contributed by atoms with Crippen LogP contribution in [-0.2, 0) is 0 Å². The highest BCUT2D eigenvalue weighted by Crippen LogP contribution is 2.21. The molecule has 122 valence electrons. The van der Waals surface area contributed by atoms with Gasteiger partial charge in [0.15, 0.2) is 0 Å². The van der Waals surface area contributed by atoms with Gasteiger partial charge in [0.25, 0.3) is 0 Å². The summed E-state index contributed by atoms with van der Waals surface area (Å²) in [6.45, 7) is 13.8. The van der Waals surface area contributed by atoms with E-state index in [0.29, 0.717) is 0 Å². The molecule has 0 radical (unpaired) electrons. The van der Waals surface area contributed by atoms with E-state index in [1.54, 1.807) is 6.08 Å². The molecule has 1 rings (SSSR count). The second-order valence-corrected chi connectivity index (χ2v) is 5.38. The first-order valence-corrected chi connectivity index (χ1v) is 8.22. The highest BCUT2D eigenvalue weighted by molar-refractivity contribution is 5.71. The minimum atomic E-state index is 0.957. The van der Waals surface area contributed by atoms with Crippen molar-refractivity contribution >= 4 is 11.6 Å². The summed E-state index contributed by atoms with van der Waals surface area (Å²) in [5.74, 6) is 2.77. The third-order valence-corrected chi connectivity index (χ3v) is 3.34. The van der Waals surface area contributed by atoms with Gasteiger partial charge in [-0.1, -0.05) is 61.8 Å². The van der Waals surface area contributed by atoms with Crippen molar-refractivity contribution < 1.29 is 0 Å². The molecule has 0 aromatic heterocycles. The van der Waals surface area contributed by atoms with Crippen molar-refractivity contribution in [2.45, 2.75) is 47.5 Å². The average molecular weight is 306 g/mol. The second-order valence-electron chi connectivity index (χ2n) is 5.38. The van der Waals surface area contributed by atoms with Gasteiger partial charge in [0.1, 0.15) is 0 Å². The fourth-order valence-corrected chi connectivity index (χ4v) is 1.87. The Morgan fingerprint density at radius 2 is 1.91 bits per heavy atom. The molecular weight excluding hydrogens is 276 g/mol. The highest BCUT2D eigenvalue weighted by Gasteiger charge is 2.02. The predicted molar refractivity (Wildman–Crippen MR) is 107 cm³/mol. The topological polar surface area (TPSA) is 0 Å². The zero-order valence-electron chi connectivity index (χ0n) is 15.3. The fraction of sp³-hybridized carbons (Fsp3) is 0.304.